The van der Waals surface area contributed by atoms with E-state index in [2.05, 4.69) is 9.97 Å². The molecule has 0 radical (unpaired) electrons. The van der Waals surface area contributed by atoms with Crippen molar-refractivity contribution in [3.05, 3.63) is 114 Å². The van der Waals surface area contributed by atoms with E-state index in [0.717, 1.165) is 23.3 Å². The van der Waals surface area contributed by atoms with Gasteiger partial charge in [-0.25, -0.2) is 27.2 Å². The summed E-state index contributed by atoms with van der Waals surface area (Å²) in [6.07, 6.45) is 5.89. The molecule has 0 aliphatic heterocycles. The topological polar surface area (TPSA) is 81.4 Å². The van der Waals surface area contributed by atoms with Crippen molar-refractivity contribution in [1.29, 1.82) is 0 Å². The Morgan fingerprint density at radius 1 is 0.917 bits per heavy atom. The smallest absolute Gasteiger partial charge is 0.223 e. The Balaban J connectivity index is 1.31. The fourth-order valence-electron chi connectivity index (χ4n) is 3.82. The first-order valence-electron chi connectivity index (χ1n) is 11.0. The summed E-state index contributed by atoms with van der Waals surface area (Å²) in [6.45, 7) is 0. The number of ketones is 1. The van der Waals surface area contributed by atoms with Gasteiger partial charge in [-0.05, 0) is 66.6 Å². The van der Waals surface area contributed by atoms with E-state index in [9.17, 15) is 22.0 Å². The van der Waals surface area contributed by atoms with Crippen LogP contribution in [0.5, 0.6) is 0 Å². The van der Waals surface area contributed by atoms with Gasteiger partial charge in [0, 0.05) is 36.1 Å². The van der Waals surface area contributed by atoms with Gasteiger partial charge in [0.15, 0.2) is 22.4 Å². The molecule has 180 valence electrons. The summed E-state index contributed by atoms with van der Waals surface area (Å²) < 4.78 is 54.9. The highest BCUT2D eigenvalue weighted by Crippen LogP contribution is 2.25. The number of carbonyl (C=O) groups is 1. The third-order valence-electron chi connectivity index (χ3n) is 5.80. The van der Waals surface area contributed by atoms with E-state index in [1.165, 1.54) is 36.4 Å². The minimum absolute atomic E-state index is 0.0273. The van der Waals surface area contributed by atoms with E-state index in [1.807, 2.05) is 0 Å². The number of pyridine rings is 2. The van der Waals surface area contributed by atoms with E-state index < -0.39 is 21.5 Å². The molecular weight excluding hydrogens is 484 g/mol. The number of nitrogens with zero attached hydrogens (tertiary/aromatic N) is 3. The molecule has 9 heteroatoms. The van der Waals surface area contributed by atoms with Crippen LogP contribution in [0, 0.1) is 11.6 Å². The second kappa shape index (κ2) is 9.43. The molecule has 0 aliphatic carbocycles. The van der Waals surface area contributed by atoms with E-state index in [-0.39, 0.29) is 33.4 Å². The van der Waals surface area contributed by atoms with Gasteiger partial charge < -0.3 is 4.40 Å². The zero-order chi connectivity index (χ0) is 25.3. The maximum atomic E-state index is 13.6. The van der Waals surface area contributed by atoms with Gasteiger partial charge in [-0.15, -0.1) is 0 Å². The molecule has 0 N–H and O–H groups in total. The number of rotatable bonds is 7. The molecule has 0 atom stereocenters. The fourth-order valence-corrected chi connectivity index (χ4v) is 5.04. The van der Waals surface area contributed by atoms with Crippen LogP contribution in [0.4, 0.5) is 8.78 Å². The highest BCUT2D eigenvalue weighted by Gasteiger charge is 2.20. The summed E-state index contributed by atoms with van der Waals surface area (Å²) in [4.78, 5) is 21.0. The molecule has 3 aromatic heterocycles. The predicted molar refractivity (Wildman–Crippen MR) is 129 cm³/mol. The minimum Gasteiger partial charge on any atom is -0.306 e. The van der Waals surface area contributed by atoms with Crippen molar-refractivity contribution in [2.75, 3.05) is 0 Å². The lowest BCUT2D eigenvalue weighted by Crippen LogP contribution is -2.06. The van der Waals surface area contributed by atoms with Crippen LogP contribution >= 0.6 is 0 Å². The quantitative estimate of drug-likeness (QED) is 0.281. The van der Waals surface area contributed by atoms with E-state index in [1.54, 1.807) is 47.3 Å². The highest BCUT2D eigenvalue weighted by atomic mass is 32.2. The molecule has 6 nitrogen and oxygen atoms in total. The maximum absolute atomic E-state index is 13.6. The van der Waals surface area contributed by atoms with E-state index in [4.69, 9.17) is 0 Å². The third kappa shape index (κ3) is 4.65. The number of aromatic nitrogens is 3. The molecule has 5 rings (SSSR count). The van der Waals surface area contributed by atoms with Crippen LogP contribution in [0.25, 0.3) is 16.9 Å². The summed E-state index contributed by atoms with van der Waals surface area (Å²) in [7, 11) is -3.95. The lowest BCUT2D eigenvalue weighted by Gasteiger charge is -2.08. The molecule has 2 aromatic carbocycles. The van der Waals surface area contributed by atoms with Gasteiger partial charge in [0.2, 0.25) is 9.84 Å². The summed E-state index contributed by atoms with van der Waals surface area (Å²) in [6, 6.07) is 17.4. The van der Waals surface area contributed by atoms with E-state index >= 15 is 0 Å². The summed E-state index contributed by atoms with van der Waals surface area (Å²) >= 11 is 0. The van der Waals surface area contributed by atoms with Crippen molar-refractivity contribution in [3.63, 3.8) is 0 Å². The fraction of sp³-hybridized carbons (Fsp3) is 0.0741. The van der Waals surface area contributed by atoms with Gasteiger partial charge in [0.05, 0.1) is 10.6 Å². The zero-order valence-electron chi connectivity index (χ0n) is 18.8. The first-order chi connectivity index (χ1) is 17.3. The molecule has 0 amide bonds. The molecule has 0 spiro atoms. The van der Waals surface area contributed by atoms with Gasteiger partial charge in [0.1, 0.15) is 5.65 Å². The first-order valence-corrected chi connectivity index (χ1v) is 12.5. The molecular formula is C27H19F2N3O3S. The Labute approximate surface area is 205 Å². The van der Waals surface area contributed by atoms with Gasteiger partial charge in [-0.2, -0.15) is 0 Å². The van der Waals surface area contributed by atoms with Crippen molar-refractivity contribution >= 4 is 21.3 Å². The van der Waals surface area contributed by atoms with Crippen LogP contribution in [0.2, 0.25) is 0 Å². The number of fused-ring (bicyclic) bond motifs is 1. The maximum Gasteiger partial charge on any atom is 0.223 e. The van der Waals surface area contributed by atoms with Crippen LogP contribution in [-0.2, 0) is 16.3 Å². The zero-order valence-corrected chi connectivity index (χ0v) is 19.6. The number of hydrogen-bond acceptors (Lipinski definition) is 5. The van der Waals surface area contributed by atoms with E-state index in [0.29, 0.717) is 12.0 Å². The SMILES string of the molecule is O=C(CCc1ccc(S(=O)(=O)c2cccc(-c3ccc(F)c(F)c3)n2)cc1)c1ccc2nccn2c1. The van der Waals surface area contributed by atoms with Gasteiger partial charge in [-0.1, -0.05) is 18.2 Å². The molecule has 36 heavy (non-hydrogen) atoms. The molecule has 5 aromatic rings. The Hall–Kier alpha value is -4.24. The number of Topliss-reactive ketones (excluding diaryl/α,β-unsaturated/α-hetero) is 1. The standard InChI is InChI=1S/C27H19F2N3O3S/c28-22-11-7-19(16-23(22)29)24-2-1-3-27(31-24)36(34,35)21-9-4-18(5-10-21)6-12-25(33)20-8-13-26-30-14-15-32(26)17-20/h1-5,7-11,13-17H,6,12H2. The van der Waals surface area contributed by atoms with Crippen molar-refractivity contribution in [1.82, 2.24) is 14.4 Å². The number of imidazole rings is 1. The number of hydrogen-bond donors (Lipinski definition) is 0. The number of benzene rings is 2. The van der Waals surface area contributed by atoms with Crippen LogP contribution < -0.4 is 0 Å². The summed E-state index contributed by atoms with van der Waals surface area (Å²) in [5.41, 5.74) is 2.62. The van der Waals surface area contributed by atoms with Crippen molar-refractivity contribution in [2.24, 2.45) is 0 Å². The summed E-state index contributed by atoms with van der Waals surface area (Å²) in [5.74, 6) is -2.07. The Bertz CT molecular complexity index is 1700. The van der Waals surface area contributed by atoms with Crippen molar-refractivity contribution in [3.8, 4) is 11.3 Å². The van der Waals surface area contributed by atoms with Gasteiger partial charge in [-0.3, -0.25) is 4.79 Å². The van der Waals surface area contributed by atoms with Crippen LogP contribution in [0.3, 0.4) is 0 Å². The number of halogens is 2. The molecule has 0 bridgehead atoms. The number of sulfone groups is 1. The van der Waals surface area contributed by atoms with Gasteiger partial charge >= 0.3 is 0 Å². The molecule has 0 saturated carbocycles. The van der Waals surface area contributed by atoms with Crippen molar-refractivity contribution in [2.45, 2.75) is 22.8 Å². The molecule has 0 aliphatic rings. The molecule has 3 heterocycles. The second-order valence-electron chi connectivity index (χ2n) is 8.17. The molecule has 0 saturated heterocycles. The van der Waals surface area contributed by atoms with Gasteiger partial charge in [0.25, 0.3) is 0 Å². The number of aryl methyl sites for hydroxylation is 1. The second-order valence-corrected chi connectivity index (χ2v) is 10.1. The number of carbonyl (C=O) groups excluding carboxylic acids is 1. The highest BCUT2D eigenvalue weighted by molar-refractivity contribution is 7.91. The Kier molecular flexibility index (Phi) is 6.15. The first kappa shape index (κ1) is 23.5. The lowest BCUT2D eigenvalue weighted by molar-refractivity contribution is 0.0982. The average Bonchev–Trinajstić information content (AvgIpc) is 3.37. The normalized spacial score (nSPS) is 11.6. The summed E-state index contributed by atoms with van der Waals surface area (Å²) in [5, 5.41) is -0.206. The Morgan fingerprint density at radius 3 is 2.50 bits per heavy atom. The predicted octanol–water partition coefficient (Wildman–Crippen LogP) is 5.32. The van der Waals surface area contributed by atoms with Crippen LogP contribution in [0.1, 0.15) is 22.3 Å². The van der Waals surface area contributed by atoms with Crippen LogP contribution in [0.15, 0.2) is 101 Å². The van der Waals surface area contributed by atoms with Crippen LogP contribution in [-0.4, -0.2) is 28.6 Å². The molecule has 0 unspecified atom stereocenters. The lowest BCUT2D eigenvalue weighted by atomic mass is 10.0. The van der Waals surface area contributed by atoms with Crippen molar-refractivity contribution < 1.29 is 22.0 Å². The molecule has 0 fully saturated rings. The monoisotopic (exact) mass is 503 g/mol. The third-order valence-corrected chi connectivity index (χ3v) is 7.47. The minimum atomic E-state index is -3.95. The Morgan fingerprint density at radius 2 is 1.72 bits per heavy atom. The average molecular weight is 504 g/mol. The largest absolute Gasteiger partial charge is 0.306 e.